The van der Waals surface area contributed by atoms with Crippen molar-refractivity contribution in [3.8, 4) is 5.75 Å². The van der Waals surface area contributed by atoms with Crippen molar-refractivity contribution in [3.05, 3.63) is 65.7 Å². The molecule has 0 bridgehead atoms. The van der Waals surface area contributed by atoms with E-state index in [4.69, 9.17) is 4.74 Å². The Labute approximate surface area is 163 Å². The summed E-state index contributed by atoms with van der Waals surface area (Å²) < 4.78 is 5.73. The molecule has 0 heterocycles. The lowest BCUT2D eigenvalue weighted by atomic mass is 10.2. The van der Waals surface area contributed by atoms with Crippen molar-refractivity contribution in [1.29, 1.82) is 0 Å². The van der Waals surface area contributed by atoms with E-state index in [0.29, 0.717) is 13.2 Å². The predicted molar refractivity (Wildman–Crippen MR) is 111 cm³/mol. The van der Waals surface area contributed by atoms with Crippen molar-refractivity contribution >= 4 is 0 Å². The Morgan fingerprint density at radius 2 is 1.67 bits per heavy atom. The second-order valence-corrected chi connectivity index (χ2v) is 7.27. The highest BCUT2D eigenvalue weighted by molar-refractivity contribution is 5.27. The molecule has 5 nitrogen and oxygen atoms in total. The summed E-state index contributed by atoms with van der Waals surface area (Å²) in [5, 5.41) is 13.6. The van der Waals surface area contributed by atoms with E-state index >= 15 is 0 Å². The lowest BCUT2D eigenvalue weighted by Crippen LogP contribution is -2.32. The average molecular weight is 372 g/mol. The fourth-order valence-corrected chi connectivity index (χ4v) is 2.80. The smallest absolute Gasteiger partial charge is 0.119 e. The van der Waals surface area contributed by atoms with Crippen LogP contribution in [-0.2, 0) is 13.1 Å². The highest BCUT2D eigenvalue weighted by Gasteiger charge is 2.10. The van der Waals surface area contributed by atoms with E-state index in [2.05, 4.69) is 53.5 Å². The molecule has 0 radical (unpaired) electrons. The number of ether oxygens (including phenoxy) is 1. The van der Waals surface area contributed by atoms with Gasteiger partial charge in [0.2, 0.25) is 0 Å². The Morgan fingerprint density at radius 1 is 0.963 bits per heavy atom. The first-order valence-corrected chi connectivity index (χ1v) is 9.50. The largest absolute Gasteiger partial charge is 0.491 e. The van der Waals surface area contributed by atoms with Gasteiger partial charge in [0.05, 0.1) is 0 Å². The molecule has 0 aliphatic carbocycles. The normalized spacial score (nSPS) is 12.5. The van der Waals surface area contributed by atoms with Crippen LogP contribution < -0.4 is 10.1 Å². The molecule has 5 heteroatoms. The molecule has 2 rings (SSSR count). The monoisotopic (exact) mass is 371 g/mol. The summed E-state index contributed by atoms with van der Waals surface area (Å²) in [6, 6.07) is 18.3. The SMILES string of the molecule is CN(C)CCNCc1ccc(OCC(O)CN(C)Cc2ccccc2)cc1. The molecule has 27 heavy (non-hydrogen) atoms. The molecule has 1 unspecified atom stereocenters. The van der Waals surface area contributed by atoms with Crippen LogP contribution in [0.1, 0.15) is 11.1 Å². The van der Waals surface area contributed by atoms with Crippen LogP contribution in [0.2, 0.25) is 0 Å². The Balaban J connectivity index is 1.66. The number of hydrogen-bond donors (Lipinski definition) is 2. The third-order valence-electron chi connectivity index (χ3n) is 4.25. The molecule has 148 valence electrons. The van der Waals surface area contributed by atoms with Gasteiger partial charge in [-0.2, -0.15) is 0 Å². The predicted octanol–water partition coefficient (Wildman–Crippen LogP) is 2.21. The fourth-order valence-electron chi connectivity index (χ4n) is 2.80. The first-order valence-electron chi connectivity index (χ1n) is 9.50. The Kier molecular flexibility index (Phi) is 9.28. The van der Waals surface area contributed by atoms with Crippen LogP contribution in [0.25, 0.3) is 0 Å². The minimum Gasteiger partial charge on any atom is -0.491 e. The van der Waals surface area contributed by atoms with Gasteiger partial charge < -0.3 is 20.1 Å². The van der Waals surface area contributed by atoms with Gasteiger partial charge in [-0.1, -0.05) is 42.5 Å². The van der Waals surface area contributed by atoms with Gasteiger partial charge in [-0.3, -0.25) is 4.90 Å². The van der Waals surface area contributed by atoms with E-state index in [1.165, 1.54) is 11.1 Å². The summed E-state index contributed by atoms with van der Waals surface area (Å²) in [5.74, 6) is 0.789. The molecule has 0 spiro atoms. The van der Waals surface area contributed by atoms with Gasteiger partial charge in [-0.25, -0.2) is 0 Å². The molecule has 0 aromatic heterocycles. The molecule has 1 atom stereocenters. The summed E-state index contributed by atoms with van der Waals surface area (Å²) in [4.78, 5) is 4.26. The molecule has 2 aromatic rings. The maximum absolute atomic E-state index is 10.2. The molecule has 0 saturated heterocycles. The van der Waals surface area contributed by atoms with Crippen molar-refractivity contribution in [1.82, 2.24) is 15.1 Å². The highest BCUT2D eigenvalue weighted by Crippen LogP contribution is 2.13. The summed E-state index contributed by atoms with van der Waals surface area (Å²) in [5.41, 5.74) is 2.46. The van der Waals surface area contributed by atoms with Crippen LogP contribution in [0, 0.1) is 0 Å². The summed E-state index contributed by atoms with van der Waals surface area (Å²) in [7, 11) is 6.15. The zero-order valence-corrected chi connectivity index (χ0v) is 16.8. The number of nitrogens with zero attached hydrogens (tertiary/aromatic N) is 2. The maximum atomic E-state index is 10.2. The first-order chi connectivity index (χ1) is 13.0. The zero-order chi connectivity index (χ0) is 19.5. The molecule has 0 aliphatic heterocycles. The van der Waals surface area contributed by atoms with Gasteiger partial charge in [-0.05, 0) is 44.4 Å². The van der Waals surface area contributed by atoms with Gasteiger partial charge in [0.25, 0.3) is 0 Å². The van der Waals surface area contributed by atoms with E-state index in [-0.39, 0.29) is 0 Å². The van der Waals surface area contributed by atoms with Gasteiger partial charge in [0.15, 0.2) is 0 Å². The number of nitrogens with one attached hydrogen (secondary N) is 1. The summed E-state index contributed by atoms with van der Waals surface area (Å²) in [6.45, 7) is 4.52. The van der Waals surface area contributed by atoms with Gasteiger partial charge >= 0.3 is 0 Å². The number of likely N-dealkylation sites (N-methyl/N-ethyl adjacent to an activating group) is 2. The van der Waals surface area contributed by atoms with E-state index < -0.39 is 6.10 Å². The second kappa shape index (κ2) is 11.7. The highest BCUT2D eigenvalue weighted by atomic mass is 16.5. The van der Waals surface area contributed by atoms with Crippen molar-refractivity contribution in [2.45, 2.75) is 19.2 Å². The molecule has 2 N–H and O–H groups in total. The first kappa shape index (κ1) is 21.4. The fraction of sp³-hybridized carbons (Fsp3) is 0.455. The van der Waals surface area contributed by atoms with Crippen LogP contribution in [0.15, 0.2) is 54.6 Å². The minimum atomic E-state index is -0.522. The van der Waals surface area contributed by atoms with Crippen molar-refractivity contribution in [2.24, 2.45) is 0 Å². The standard InChI is InChI=1S/C22H33N3O2/c1-24(2)14-13-23-15-19-9-11-22(12-10-19)27-18-21(26)17-25(3)16-20-7-5-4-6-8-20/h4-12,21,23,26H,13-18H2,1-3H3. The van der Waals surface area contributed by atoms with Crippen LogP contribution in [-0.4, -0.2) is 68.4 Å². The molecule has 0 aliphatic rings. The van der Waals surface area contributed by atoms with Gasteiger partial charge in [-0.15, -0.1) is 0 Å². The molecule has 2 aromatic carbocycles. The molecule has 0 saturated carbocycles. The zero-order valence-electron chi connectivity index (χ0n) is 16.8. The lowest BCUT2D eigenvalue weighted by molar-refractivity contribution is 0.0744. The van der Waals surface area contributed by atoms with Crippen molar-refractivity contribution in [3.63, 3.8) is 0 Å². The van der Waals surface area contributed by atoms with E-state index in [1.807, 2.05) is 37.4 Å². The van der Waals surface area contributed by atoms with Gasteiger partial charge in [0.1, 0.15) is 18.5 Å². The molecular formula is C22H33N3O2. The quantitative estimate of drug-likeness (QED) is 0.560. The maximum Gasteiger partial charge on any atom is 0.119 e. The van der Waals surface area contributed by atoms with E-state index in [0.717, 1.165) is 31.9 Å². The van der Waals surface area contributed by atoms with Crippen molar-refractivity contribution < 1.29 is 9.84 Å². The topological polar surface area (TPSA) is 48.0 Å². The number of aliphatic hydroxyl groups is 1. The Hall–Kier alpha value is -1.92. The summed E-state index contributed by atoms with van der Waals surface area (Å²) >= 11 is 0. The van der Waals surface area contributed by atoms with Crippen molar-refractivity contribution in [2.75, 3.05) is 47.4 Å². The minimum absolute atomic E-state index is 0.291. The summed E-state index contributed by atoms with van der Waals surface area (Å²) in [6.07, 6.45) is -0.522. The van der Waals surface area contributed by atoms with E-state index in [9.17, 15) is 5.11 Å². The Morgan fingerprint density at radius 3 is 2.33 bits per heavy atom. The number of aliphatic hydroxyl groups excluding tert-OH is 1. The average Bonchev–Trinajstić information content (AvgIpc) is 2.65. The number of benzene rings is 2. The lowest BCUT2D eigenvalue weighted by Gasteiger charge is -2.21. The molecular weight excluding hydrogens is 338 g/mol. The van der Waals surface area contributed by atoms with Crippen LogP contribution >= 0.6 is 0 Å². The molecule has 0 amide bonds. The Bertz CT molecular complexity index is 632. The van der Waals surface area contributed by atoms with Gasteiger partial charge in [0, 0.05) is 32.7 Å². The third-order valence-corrected chi connectivity index (χ3v) is 4.25. The number of hydrogen-bond acceptors (Lipinski definition) is 5. The van der Waals surface area contributed by atoms with Crippen LogP contribution in [0.3, 0.4) is 0 Å². The third kappa shape index (κ3) is 9.02. The molecule has 0 fully saturated rings. The number of rotatable bonds is 12. The van der Waals surface area contributed by atoms with Crippen LogP contribution in [0.4, 0.5) is 0 Å². The van der Waals surface area contributed by atoms with E-state index in [1.54, 1.807) is 0 Å². The van der Waals surface area contributed by atoms with Crippen LogP contribution in [0.5, 0.6) is 5.75 Å². The second-order valence-electron chi connectivity index (χ2n) is 7.27.